The number of fused-ring (bicyclic) bond motifs is 1. The first-order valence-corrected chi connectivity index (χ1v) is 10.4. The van der Waals surface area contributed by atoms with Crippen molar-refractivity contribution in [3.8, 4) is 23.0 Å². The van der Waals surface area contributed by atoms with Gasteiger partial charge in [-0.3, -0.25) is 4.79 Å². The Hall–Kier alpha value is -3.68. The van der Waals surface area contributed by atoms with Crippen molar-refractivity contribution in [3.05, 3.63) is 64.5 Å². The molecule has 1 aromatic heterocycles. The average Bonchev–Trinajstić information content (AvgIpc) is 3.41. The molecule has 0 N–H and O–H groups in total. The highest BCUT2D eigenvalue weighted by Gasteiger charge is 2.20. The van der Waals surface area contributed by atoms with Crippen molar-refractivity contribution in [2.24, 2.45) is 0 Å². The van der Waals surface area contributed by atoms with E-state index < -0.39 is 0 Å². The Bertz CT molecular complexity index is 1100. The van der Waals surface area contributed by atoms with Gasteiger partial charge in [0, 0.05) is 18.7 Å². The standard InChI is InChI=1S/C24H26N2O6/c1-5-26(12-17-6-8-21-23(10-17)31-14-30-21)24(27)18-7-9-20(22(11-18)28-4)29-13-19-15(2)25-32-16(19)3/h6-11H,5,12-14H2,1-4H3. The topological polar surface area (TPSA) is 83.3 Å². The summed E-state index contributed by atoms with van der Waals surface area (Å²) >= 11 is 0. The van der Waals surface area contributed by atoms with E-state index in [2.05, 4.69) is 5.16 Å². The van der Waals surface area contributed by atoms with Gasteiger partial charge in [0.2, 0.25) is 6.79 Å². The number of hydrogen-bond acceptors (Lipinski definition) is 7. The molecule has 2 aromatic carbocycles. The van der Waals surface area contributed by atoms with E-state index in [1.165, 1.54) is 0 Å². The molecule has 0 atom stereocenters. The normalized spacial score (nSPS) is 12.0. The van der Waals surface area contributed by atoms with Gasteiger partial charge in [0.1, 0.15) is 12.4 Å². The summed E-state index contributed by atoms with van der Waals surface area (Å²) in [7, 11) is 1.55. The summed E-state index contributed by atoms with van der Waals surface area (Å²) < 4.78 is 27.4. The number of rotatable bonds is 8. The second-order valence-corrected chi connectivity index (χ2v) is 7.46. The molecule has 8 nitrogen and oxygen atoms in total. The van der Waals surface area contributed by atoms with Crippen molar-refractivity contribution in [1.29, 1.82) is 0 Å². The van der Waals surface area contributed by atoms with Crippen molar-refractivity contribution >= 4 is 5.91 Å². The third-order valence-corrected chi connectivity index (χ3v) is 5.44. The number of carbonyl (C=O) groups is 1. The third kappa shape index (κ3) is 4.34. The SMILES string of the molecule is CCN(Cc1ccc2c(c1)OCO2)C(=O)c1ccc(OCc2c(C)noc2C)c(OC)c1. The monoisotopic (exact) mass is 438 g/mol. The minimum atomic E-state index is -0.0965. The number of nitrogens with zero attached hydrogens (tertiary/aromatic N) is 2. The van der Waals surface area contributed by atoms with Gasteiger partial charge in [0.25, 0.3) is 5.91 Å². The van der Waals surface area contributed by atoms with Crippen LogP contribution in [0.25, 0.3) is 0 Å². The van der Waals surface area contributed by atoms with Crippen LogP contribution in [0.1, 0.15) is 39.9 Å². The molecule has 0 fully saturated rings. The van der Waals surface area contributed by atoms with Gasteiger partial charge in [-0.05, 0) is 56.7 Å². The maximum Gasteiger partial charge on any atom is 0.254 e. The van der Waals surface area contributed by atoms with Gasteiger partial charge < -0.3 is 28.4 Å². The third-order valence-electron chi connectivity index (χ3n) is 5.44. The number of amides is 1. The summed E-state index contributed by atoms with van der Waals surface area (Å²) in [6, 6.07) is 10.9. The summed E-state index contributed by atoms with van der Waals surface area (Å²) in [6.07, 6.45) is 0. The van der Waals surface area contributed by atoms with Crippen molar-refractivity contribution < 1.29 is 28.3 Å². The van der Waals surface area contributed by atoms with Crippen LogP contribution >= 0.6 is 0 Å². The van der Waals surface area contributed by atoms with Crippen molar-refractivity contribution in [2.75, 3.05) is 20.4 Å². The van der Waals surface area contributed by atoms with E-state index in [1.54, 1.807) is 30.2 Å². The molecule has 2 heterocycles. The molecule has 1 aliphatic heterocycles. The first kappa shape index (κ1) is 21.5. The van der Waals surface area contributed by atoms with E-state index in [4.69, 9.17) is 23.5 Å². The smallest absolute Gasteiger partial charge is 0.254 e. The molecule has 0 radical (unpaired) electrons. The van der Waals surface area contributed by atoms with E-state index in [0.29, 0.717) is 42.5 Å². The zero-order chi connectivity index (χ0) is 22.7. The molecule has 1 aliphatic rings. The molecule has 0 saturated carbocycles. The van der Waals surface area contributed by atoms with Crippen molar-refractivity contribution in [1.82, 2.24) is 10.1 Å². The number of aromatic nitrogens is 1. The second kappa shape index (κ2) is 9.21. The summed E-state index contributed by atoms with van der Waals surface area (Å²) in [5.74, 6) is 3.08. The van der Waals surface area contributed by atoms with Crippen LogP contribution in [0.3, 0.4) is 0 Å². The molecular weight excluding hydrogens is 412 g/mol. The van der Waals surface area contributed by atoms with Crippen molar-refractivity contribution in [3.63, 3.8) is 0 Å². The molecule has 32 heavy (non-hydrogen) atoms. The Kier molecular flexibility index (Phi) is 6.20. The highest BCUT2D eigenvalue weighted by Crippen LogP contribution is 2.33. The van der Waals surface area contributed by atoms with Gasteiger partial charge in [-0.2, -0.15) is 0 Å². The van der Waals surface area contributed by atoms with Crippen LogP contribution < -0.4 is 18.9 Å². The maximum absolute atomic E-state index is 13.2. The molecule has 0 saturated heterocycles. The molecule has 0 aliphatic carbocycles. The number of hydrogen-bond donors (Lipinski definition) is 0. The predicted molar refractivity (Wildman–Crippen MR) is 116 cm³/mol. The van der Waals surface area contributed by atoms with Gasteiger partial charge in [-0.1, -0.05) is 11.2 Å². The Balaban J connectivity index is 1.48. The molecule has 0 spiro atoms. The lowest BCUT2D eigenvalue weighted by Crippen LogP contribution is -2.30. The fourth-order valence-electron chi connectivity index (χ4n) is 3.55. The summed E-state index contributed by atoms with van der Waals surface area (Å²) in [4.78, 5) is 14.9. The first-order valence-electron chi connectivity index (χ1n) is 10.4. The fourth-order valence-corrected chi connectivity index (χ4v) is 3.55. The van der Waals surface area contributed by atoms with Gasteiger partial charge in [0.05, 0.1) is 18.4 Å². The lowest BCUT2D eigenvalue weighted by Gasteiger charge is -2.22. The van der Waals surface area contributed by atoms with Crippen LogP contribution in [-0.2, 0) is 13.2 Å². The highest BCUT2D eigenvalue weighted by molar-refractivity contribution is 5.95. The van der Waals surface area contributed by atoms with Gasteiger partial charge >= 0.3 is 0 Å². The van der Waals surface area contributed by atoms with Crippen LogP contribution in [0, 0.1) is 13.8 Å². The van der Waals surface area contributed by atoms with Crippen molar-refractivity contribution in [2.45, 2.75) is 33.9 Å². The fraction of sp³-hybridized carbons (Fsp3) is 0.333. The van der Waals surface area contributed by atoms with Crippen LogP contribution in [0.5, 0.6) is 23.0 Å². The molecule has 4 rings (SSSR count). The summed E-state index contributed by atoms with van der Waals surface area (Å²) in [5.41, 5.74) is 3.17. The van der Waals surface area contributed by atoms with E-state index in [9.17, 15) is 4.79 Å². The number of methoxy groups -OCH3 is 1. The summed E-state index contributed by atoms with van der Waals surface area (Å²) in [5, 5.41) is 3.94. The predicted octanol–water partition coefficient (Wildman–Crippen LogP) is 4.27. The molecule has 8 heteroatoms. The van der Waals surface area contributed by atoms with E-state index in [1.807, 2.05) is 39.0 Å². The highest BCUT2D eigenvalue weighted by atomic mass is 16.7. The minimum Gasteiger partial charge on any atom is -0.493 e. The molecular formula is C24H26N2O6. The number of aryl methyl sites for hydroxylation is 2. The zero-order valence-corrected chi connectivity index (χ0v) is 18.6. The maximum atomic E-state index is 13.2. The Morgan fingerprint density at radius 3 is 2.62 bits per heavy atom. The van der Waals surface area contributed by atoms with E-state index in [0.717, 1.165) is 28.3 Å². The van der Waals surface area contributed by atoms with Crippen LogP contribution in [0.2, 0.25) is 0 Å². The minimum absolute atomic E-state index is 0.0965. The number of benzene rings is 2. The first-order chi connectivity index (χ1) is 15.5. The lowest BCUT2D eigenvalue weighted by molar-refractivity contribution is 0.0752. The Morgan fingerprint density at radius 2 is 1.91 bits per heavy atom. The molecule has 1 amide bonds. The number of ether oxygens (including phenoxy) is 4. The average molecular weight is 438 g/mol. The van der Waals surface area contributed by atoms with Gasteiger partial charge in [0.15, 0.2) is 23.0 Å². The van der Waals surface area contributed by atoms with Gasteiger partial charge in [-0.25, -0.2) is 0 Å². The van der Waals surface area contributed by atoms with Crippen LogP contribution in [0.15, 0.2) is 40.9 Å². The quantitative estimate of drug-likeness (QED) is 0.519. The molecule has 0 bridgehead atoms. The largest absolute Gasteiger partial charge is 0.493 e. The van der Waals surface area contributed by atoms with Gasteiger partial charge in [-0.15, -0.1) is 0 Å². The van der Waals surface area contributed by atoms with E-state index in [-0.39, 0.29) is 12.7 Å². The number of carbonyl (C=O) groups excluding carboxylic acids is 1. The molecule has 3 aromatic rings. The Labute approximate surface area is 186 Å². The molecule has 168 valence electrons. The molecule has 0 unspecified atom stereocenters. The Morgan fingerprint density at radius 1 is 1.09 bits per heavy atom. The second-order valence-electron chi connectivity index (χ2n) is 7.46. The van der Waals surface area contributed by atoms with Crippen LogP contribution in [-0.4, -0.2) is 36.4 Å². The van der Waals surface area contributed by atoms with E-state index >= 15 is 0 Å². The zero-order valence-electron chi connectivity index (χ0n) is 18.6. The summed E-state index contributed by atoms with van der Waals surface area (Å²) in [6.45, 7) is 7.20. The van der Waals surface area contributed by atoms with Crippen LogP contribution in [0.4, 0.5) is 0 Å². The lowest BCUT2D eigenvalue weighted by atomic mass is 10.1.